The smallest absolute Gasteiger partial charge is 0.225 e. The molecule has 0 aromatic heterocycles. The minimum Gasteiger partial charge on any atom is -0.492 e. The van der Waals surface area contributed by atoms with E-state index >= 15 is 0 Å². The summed E-state index contributed by atoms with van der Waals surface area (Å²) in [6, 6.07) is 6.12. The second-order valence-electron chi connectivity index (χ2n) is 7.52. The lowest BCUT2D eigenvalue weighted by Crippen LogP contribution is -2.50. The number of nitrogens with one attached hydrogen (secondary N) is 1. The van der Waals surface area contributed by atoms with E-state index in [1.54, 1.807) is 12.1 Å². The van der Waals surface area contributed by atoms with Gasteiger partial charge in [0.05, 0.1) is 12.5 Å². The van der Waals surface area contributed by atoms with E-state index in [0.29, 0.717) is 44.3 Å². The van der Waals surface area contributed by atoms with Crippen molar-refractivity contribution in [1.29, 1.82) is 0 Å². The number of benzene rings is 1. The molecule has 2 aliphatic rings. The lowest BCUT2D eigenvalue weighted by atomic mass is 9.93. The van der Waals surface area contributed by atoms with Crippen molar-refractivity contribution >= 4 is 11.8 Å². The molecule has 1 saturated carbocycles. The fraction of sp³-hybridized carbons (Fsp3) is 0.619. The third-order valence-electron chi connectivity index (χ3n) is 5.56. The first-order chi connectivity index (χ1) is 13.1. The number of nitrogens with zero attached hydrogens (tertiary/aromatic N) is 1. The molecule has 1 aromatic carbocycles. The maximum atomic E-state index is 12.9. The Hall–Kier alpha value is -2.11. The van der Waals surface area contributed by atoms with Gasteiger partial charge in [0.1, 0.15) is 18.2 Å². The molecule has 6 heteroatoms. The number of piperidine rings is 1. The fourth-order valence-corrected chi connectivity index (χ4v) is 4.03. The third kappa shape index (κ3) is 5.68. The van der Waals surface area contributed by atoms with Crippen molar-refractivity contribution in [3.63, 3.8) is 0 Å². The normalized spacial score (nSPS) is 21.6. The van der Waals surface area contributed by atoms with E-state index in [-0.39, 0.29) is 23.5 Å². The minimum atomic E-state index is -0.305. The number of amides is 2. The number of rotatable bonds is 6. The fourth-order valence-electron chi connectivity index (χ4n) is 4.03. The summed E-state index contributed by atoms with van der Waals surface area (Å²) in [5.41, 5.74) is 0. The van der Waals surface area contributed by atoms with Gasteiger partial charge in [-0.3, -0.25) is 9.59 Å². The second kappa shape index (κ2) is 9.72. The van der Waals surface area contributed by atoms with Gasteiger partial charge in [0, 0.05) is 19.0 Å². The Morgan fingerprint density at radius 3 is 2.52 bits per heavy atom. The summed E-state index contributed by atoms with van der Waals surface area (Å²) >= 11 is 0. The van der Waals surface area contributed by atoms with Crippen LogP contribution < -0.4 is 10.1 Å². The Bertz CT molecular complexity index is 627. The van der Waals surface area contributed by atoms with Crippen LogP contribution in [0, 0.1) is 11.7 Å². The molecular formula is C21H29FN2O3. The Balaban J connectivity index is 1.43. The number of hydrogen-bond donors (Lipinski definition) is 1. The highest BCUT2D eigenvalue weighted by atomic mass is 19.1. The van der Waals surface area contributed by atoms with E-state index in [0.717, 1.165) is 12.8 Å². The first kappa shape index (κ1) is 19.6. The molecule has 0 radical (unpaired) electrons. The standard InChI is InChI=1S/C21H29FN2O3/c22-17-8-10-19(11-9-17)27-14-13-23-21(26)16-7-12-20(25)24(15-16)18-5-3-1-2-4-6-18/h8-11,16,18H,1-7,12-15H2,(H,23,26)/t16-/m1/s1. The molecule has 0 spiro atoms. The summed E-state index contributed by atoms with van der Waals surface area (Å²) < 4.78 is 18.4. The van der Waals surface area contributed by atoms with E-state index in [1.165, 1.54) is 37.8 Å². The number of ether oxygens (including phenoxy) is 1. The molecule has 5 nitrogen and oxygen atoms in total. The summed E-state index contributed by atoms with van der Waals surface area (Å²) in [4.78, 5) is 26.8. The van der Waals surface area contributed by atoms with Crippen molar-refractivity contribution in [2.45, 2.75) is 57.4 Å². The van der Waals surface area contributed by atoms with Crippen LogP contribution in [0.3, 0.4) is 0 Å². The maximum absolute atomic E-state index is 12.9. The van der Waals surface area contributed by atoms with Crippen LogP contribution in [-0.4, -0.2) is 42.5 Å². The van der Waals surface area contributed by atoms with Crippen molar-refractivity contribution < 1.29 is 18.7 Å². The van der Waals surface area contributed by atoms with Crippen LogP contribution in [0.15, 0.2) is 24.3 Å². The molecule has 148 valence electrons. The SMILES string of the molecule is O=C(NCCOc1ccc(F)cc1)[C@@H]1CCC(=O)N(C2CCCCCC2)C1. The highest BCUT2D eigenvalue weighted by Crippen LogP contribution is 2.27. The zero-order chi connectivity index (χ0) is 19.1. The number of carbonyl (C=O) groups excluding carboxylic acids is 2. The molecule has 2 fully saturated rings. The predicted octanol–water partition coefficient (Wildman–Crippen LogP) is 3.28. The van der Waals surface area contributed by atoms with Crippen molar-refractivity contribution in [1.82, 2.24) is 10.2 Å². The molecule has 0 unspecified atom stereocenters. The first-order valence-electron chi connectivity index (χ1n) is 10.1. The van der Waals surface area contributed by atoms with Gasteiger partial charge in [-0.1, -0.05) is 25.7 Å². The zero-order valence-corrected chi connectivity index (χ0v) is 15.8. The molecule has 1 aliphatic carbocycles. The quantitative estimate of drug-likeness (QED) is 0.612. The highest BCUT2D eigenvalue weighted by molar-refractivity contribution is 5.84. The molecule has 1 N–H and O–H groups in total. The lowest BCUT2D eigenvalue weighted by Gasteiger charge is -2.37. The Kier molecular flexibility index (Phi) is 7.07. The molecule has 2 amide bonds. The highest BCUT2D eigenvalue weighted by Gasteiger charge is 2.34. The van der Waals surface area contributed by atoms with Gasteiger partial charge in [-0.15, -0.1) is 0 Å². The summed E-state index contributed by atoms with van der Waals surface area (Å²) in [7, 11) is 0. The topological polar surface area (TPSA) is 58.6 Å². The van der Waals surface area contributed by atoms with Crippen LogP contribution in [0.5, 0.6) is 5.75 Å². The molecule has 27 heavy (non-hydrogen) atoms. The molecule has 1 saturated heterocycles. The van der Waals surface area contributed by atoms with Gasteiger partial charge in [-0.05, 0) is 43.5 Å². The monoisotopic (exact) mass is 376 g/mol. The number of likely N-dealkylation sites (tertiary alicyclic amines) is 1. The number of halogens is 1. The first-order valence-corrected chi connectivity index (χ1v) is 10.1. The van der Waals surface area contributed by atoms with Crippen LogP contribution in [0.25, 0.3) is 0 Å². The van der Waals surface area contributed by atoms with Crippen LogP contribution in [-0.2, 0) is 9.59 Å². The molecule has 1 heterocycles. The average Bonchev–Trinajstić information content (AvgIpc) is 2.96. The van der Waals surface area contributed by atoms with Crippen LogP contribution >= 0.6 is 0 Å². The molecule has 1 aromatic rings. The Morgan fingerprint density at radius 2 is 1.81 bits per heavy atom. The van der Waals surface area contributed by atoms with E-state index in [1.807, 2.05) is 4.90 Å². The van der Waals surface area contributed by atoms with Crippen molar-refractivity contribution in [2.75, 3.05) is 19.7 Å². The number of carbonyl (C=O) groups is 2. The molecule has 3 rings (SSSR count). The summed E-state index contributed by atoms with van der Waals surface area (Å²) in [5.74, 6) is 0.320. The summed E-state index contributed by atoms with van der Waals surface area (Å²) in [6.45, 7) is 1.26. The second-order valence-corrected chi connectivity index (χ2v) is 7.52. The zero-order valence-electron chi connectivity index (χ0n) is 15.8. The van der Waals surface area contributed by atoms with E-state index < -0.39 is 0 Å². The number of hydrogen-bond acceptors (Lipinski definition) is 3. The van der Waals surface area contributed by atoms with E-state index in [4.69, 9.17) is 4.74 Å². The summed E-state index contributed by atoms with van der Waals surface area (Å²) in [5, 5.41) is 2.91. The van der Waals surface area contributed by atoms with Gasteiger partial charge in [0.15, 0.2) is 0 Å². The third-order valence-corrected chi connectivity index (χ3v) is 5.56. The van der Waals surface area contributed by atoms with Gasteiger partial charge in [-0.25, -0.2) is 4.39 Å². The van der Waals surface area contributed by atoms with Gasteiger partial charge in [-0.2, -0.15) is 0 Å². The minimum absolute atomic E-state index is 0.0103. The van der Waals surface area contributed by atoms with Gasteiger partial charge >= 0.3 is 0 Å². The average molecular weight is 376 g/mol. The van der Waals surface area contributed by atoms with Crippen molar-refractivity contribution in [3.05, 3.63) is 30.1 Å². The van der Waals surface area contributed by atoms with Gasteiger partial charge in [0.2, 0.25) is 11.8 Å². The molecule has 1 atom stereocenters. The van der Waals surface area contributed by atoms with Crippen LogP contribution in [0.1, 0.15) is 51.4 Å². The molecule has 1 aliphatic heterocycles. The van der Waals surface area contributed by atoms with E-state index in [9.17, 15) is 14.0 Å². The molecule has 0 bridgehead atoms. The Labute approximate surface area is 160 Å². The largest absolute Gasteiger partial charge is 0.492 e. The van der Waals surface area contributed by atoms with Gasteiger partial charge in [0.25, 0.3) is 0 Å². The van der Waals surface area contributed by atoms with Crippen LogP contribution in [0.2, 0.25) is 0 Å². The maximum Gasteiger partial charge on any atom is 0.225 e. The summed E-state index contributed by atoms with van der Waals surface area (Å²) in [6.07, 6.45) is 8.04. The molecular weight excluding hydrogens is 347 g/mol. The Morgan fingerprint density at radius 1 is 1.11 bits per heavy atom. The lowest BCUT2D eigenvalue weighted by molar-refractivity contribution is -0.141. The van der Waals surface area contributed by atoms with Gasteiger partial charge < -0.3 is 15.0 Å². The predicted molar refractivity (Wildman–Crippen MR) is 101 cm³/mol. The van der Waals surface area contributed by atoms with Crippen molar-refractivity contribution in [3.8, 4) is 5.75 Å². The van der Waals surface area contributed by atoms with Crippen LogP contribution in [0.4, 0.5) is 4.39 Å². The van der Waals surface area contributed by atoms with E-state index in [2.05, 4.69) is 5.32 Å². The van der Waals surface area contributed by atoms with Crippen molar-refractivity contribution in [2.24, 2.45) is 5.92 Å².